The van der Waals surface area contributed by atoms with Crippen molar-refractivity contribution >= 4 is 0 Å². The molecule has 4 unspecified atom stereocenters. The molecular weight excluding hydrogens is 336 g/mol. The topological polar surface area (TPSA) is 39.8 Å². The second kappa shape index (κ2) is 11.1. The Morgan fingerprint density at radius 2 is 1.81 bits per heavy atom. The second-order valence-corrected chi connectivity index (χ2v) is 9.34. The zero-order valence-corrected chi connectivity index (χ0v) is 18.1. The van der Waals surface area contributed by atoms with Crippen LogP contribution in [0.5, 0.6) is 0 Å². The van der Waals surface area contributed by atoms with Crippen LogP contribution in [0.3, 0.4) is 0 Å². The Labute approximate surface area is 167 Å². The highest BCUT2D eigenvalue weighted by molar-refractivity contribution is 4.83. The zero-order valence-electron chi connectivity index (χ0n) is 18.1. The first-order chi connectivity index (χ1) is 13.2. The Kier molecular flexibility index (Phi) is 8.85. The molecule has 0 aliphatic carbocycles. The molecule has 3 aliphatic rings. The van der Waals surface area contributed by atoms with E-state index in [9.17, 15) is 0 Å². The molecule has 0 aromatic heterocycles. The number of nitrogens with one attached hydrogen (secondary N) is 2. The van der Waals surface area contributed by atoms with Crippen LogP contribution in [0.15, 0.2) is 0 Å². The number of ether oxygens (including phenoxy) is 1. The van der Waals surface area contributed by atoms with Gasteiger partial charge in [-0.15, -0.1) is 0 Å². The third-order valence-corrected chi connectivity index (χ3v) is 7.29. The van der Waals surface area contributed by atoms with E-state index < -0.39 is 0 Å². The molecule has 0 saturated carbocycles. The molecule has 27 heavy (non-hydrogen) atoms. The van der Waals surface area contributed by atoms with E-state index in [4.69, 9.17) is 4.74 Å². The Morgan fingerprint density at radius 3 is 2.59 bits per heavy atom. The van der Waals surface area contributed by atoms with Crippen molar-refractivity contribution in [3.63, 3.8) is 0 Å². The van der Waals surface area contributed by atoms with Gasteiger partial charge in [0, 0.05) is 38.8 Å². The lowest BCUT2D eigenvalue weighted by Gasteiger charge is -2.37. The van der Waals surface area contributed by atoms with Gasteiger partial charge in [-0.2, -0.15) is 0 Å². The van der Waals surface area contributed by atoms with E-state index in [1.165, 1.54) is 58.4 Å². The number of likely N-dealkylation sites (N-methyl/N-ethyl adjacent to an activating group) is 1. The van der Waals surface area contributed by atoms with E-state index in [2.05, 4.69) is 41.2 Å². The summed E-state index contributed by atoms with van der Waals surface area (Å²) < 4.78 is 6.08. The zero-order chi connectivity index (χ0) is 19.1. The standard InChI is InChI=1S/C22H44N4O/c1-4-25-11-12-27-22(17-25)14-19(3)26-10-9-24-15-20(16-26)13-18(2)21-5-7-23-8-6-21/h18-24H,4-17H2,1-3H3. The van der Waals surface area contributed by atoms with Crippen molar-refractivity contribution < 1.29 is 4.74 Å². The molecular formula is C22H44N4O. The van der Waals surface area contributed by atoms with Gasteiger partial charge in [-0.05, 0) is 76.5 Å². The summed E-state index contributed by atoms with van der Waals surface area (Å²) in [6, 6.07) is 0.614. The maximum absolute atomic E-state index is 6.08. The van der Waals surface area contributed by atoms with Gasteiger partial charge in [0.25, 0.3) is 0 Å². The summed E-state index contributed by atoms with van der Waals surface area (Å²) >= 11 is 0. The first-order valence-electron chi connectivity index (χ1n) is 11.6. The van der Waals surface area contributed by atoms with Gasteiger partial charge < -0.3 is 15.4 Å². The molecule has 0 bridgehead atoms. The molecule has 3 fully saturated rings. The number of rotatable bonds is 7. The molecule has 3 aliphatic heterocycles. The van der Waals surface area contributed by atoms with Gasteiger partial charge in [0.15, 0.2) is 0 Å². The number of hydrogen-bond acceptors (Lipinski definition) is 5. The molecule has 3 saturated heterocycles. The molecule has 158 valence electrons. The Balaban J connectivity index is 1.47. The molecule has 0 radical (unpaired) electrons. The summed E-state index contributed by atoms with van der Waals surface area (Å²) in [5.74, 6) is 2.57. The van der Waals surface area contributed by atoms with E-state index in [0.717, 1.165) is 50.5 Å². The number of piperidine rings is 1. The molecule has 3 rings (SSSR count). The highest BCUT2D eigenvalue weighted by Gasteiger charge is 2.29. The largest absolute Gasteiger partial charge is 0.375 e. The average molecular weight is 381 g/mol. The fraction of sp³-hybridized carbons (Fsp3) is 1.00. The number of morpholine rings is 1. The summed E-state index contributed by atoms with van der Waals surface area (Å²) in [6.07, 6.45) is 5.71. The van der Waals surface area contributed by atoms with Crippen LogP contribution in [0.2, 0.25) is 0 Å². The fourth-order valence-electron chi connectivity index (χ4n) is 5.45. The average Bonchev–Trinajstić information content (AvgIpc) is 2.94. The van der Waals surface area contributed by atoms with Crippen molar-refractivity contribution in [1.29, 1.82) is 0 Å². The lowest BCUT2D eigenvalue weighted by molar-refractivity contribution is -0.0414. The van der Waals surface area contributed by atoms with E-state index in [-0.39, 0.29) is 0 Å². The van der Waals surface area contributed by atoms with Crippen LogP contribution in [0.1, 0.15) is 46.5 Å². The fourth-order valence-corrected chi connectivity index (χ4v) is 5.45. The summed E-state index contributed by atoms with van der Waals surface area (Å²) in [5.41, 5.74) is 0. The quantitative estimate of drug-likeness (QED) is 0.707. The predicted octanol–water partition coefficient (Wildman–Crippen LogP) is 2.03. The Hall–Kier alpha value is -0.200. The summed E-state index contributed by atoms with van der Waals surface area (Å²) in [4.78, 5) is 5.28. The highest BCUT2D eigenvalue weighted by Crippen LogP contribution is 2.28. The van der Waals surface area contributed by atoms with Crippen molar-refractivity contribution in [2.45, 2.75) is 58.6 Å². The van der Waals surface area contributed by atoms with E-state index >= 15 is 0 Å². The van der Waals surface area contributed by atoms with Crippen LogP contribution in [0.25, 0.3) is 0 Å². The van der Waals surface area contributed by atoms with Gasteiger partial charge in [0.1, 0.15) is 0 Å². The minimum Gasteiger partial charge on any atom is -0.375 e. The molecule has 4 atom stereocenters. The van der Waals surface area contributed by atoms with Crippen molar-refractivity contribution in [1.82, 2.24) is 20.4 Å². The van der Waals surface area contributed by atoms with E-state index in [1.54, 1.807) is 0 Å². The molecule has 5 nitrogen and oxygen atoms in total. The van der Waals surface area contributed by atoms with E-state index in [0.29, 0.717) is 12.1 Å². The van der Waals surface area contributed by atoms with Crippen LogP contribution >= 0.6 is 0 Å². The van der Waals surface area contributed by atoms with Gasteiger partial charge in [0.2, 0.25) is 0 Å². The van der Waals surface area contributed by atoms with Crippen LogP contribution < -0.4 is 10.6 Å². The number of nitrogens with zero attached hydrogens (tertiary/aromatic N) is 2. The van der Waals surface area contributed by atoms with Crippen LogP contribution in [0, 0.1) is 17.8 Å². The molecule has 0 spiro atoms. The molecule has 0 aromatic rings. The van der Waals surface area contributed by atoms with Crippen LogP contribution in [-0.2, 0) is 4.74 Å². The van der Waals surface area contributed by atoms with Crippen molar-refractivity contribution in [3.05, 3.63) is 0 Å². The second-order valence-electron chi connectivity index (χ2n) is 9.34. The monoisotopic (exact) mass is 380 g/mol. The summed E-state index contributed by atoms with van der Waals surface area (Å²) in [6.45, 7) is 18.7. The maximum Gasteiger partial charge on any atom is 0.0717 e. The number of hydrogen-bond donors (Lipinski definition) is 2. The smallest absolute Gasteiger partial charge is 0.0717 e. The van der Waals surface area contributed by atoms with Gasteiger partial charge in [0.05, 0.1) is 12.7 Å². The van der Waals surface area contributed by atoms with Crippen molar-refractivity contribution in [2.75, 3.05) is 65.5 Å². The molecule has 2 N–H and O–H groups in total. The van der Waals surface area contributed by atoms with Crippen LogP contribution in [0.4, 0.5) is 0 Å². The molecule has 0 aromatic carbocycles. The van der Waals surface area contributed by atoms with Gasteiger partial charge in [-0.25, -0.2) is 0 Å². The lowest BCUT2D eigenvalue weighted by Crippen LogP contribution is -2.46. The van der Waals surface area contributed by atoms with Crippen molar-refractivity contribution in [2.24, 2.45) is 17.8 Å². The summed E-state index contributed by atoms with van der Waals surface area (Å²) in [7, 11) is 0. The predicted molar refractivity (Wildman–Crippen MR) is 113 cm³/mol. The lowest BCUT2D eigenvalue weighted by atomic mass is 9.80. The molecule has 0 amide bonds. The third kappa shape index (κ3) is 6.67. The van der Waals surface area contributed by atoms with Gasteiger partial charge in [-0.3, -0.25) is 9.80 Å². The van der Waals surface area contributed by atoms with Crippen molar-refractivity contribution in [3.8, 4) is 0 Å². The first-order valence-corrected chi connectivity index (χ1v) is 11.6. The minimum atomic E-state index is 0.414. The SMILES string of the molecule is CCN1CCOC(CC(C)N2CCNCC(CC(C)C3CCNCC3)C2)C1. The van der Waals surface area contributed by atoms with Crippen LogP contribution in [-0.4, -0.2) is 87.5 Å². The normalized spacial score (nSPS) is 32.1. The maximum atomic E-state index is 6.08. The summed E-state index contributed by atoms with van der Waals surface area (Å²) in [5, 5.41) is 7.23. The molecule has 5 heteroatoms. The Bertz CT molecular complexity index is 415. The highest BCUT2D eigenvalue weighted by atomic mass is 16.5. The third-order valence-electron chi connectivity index (χ3n) is 7.29. The Morgan fingerprint density at radius 1 is 1.00 bits per heavy atom. The van der Waals surface area contributed by atoms with Gasteiger partial charge in [-0.1, -0.05) is 13.8 Å². The molecule has 3 heterocycles. The first kappa shape index (κ1) is 21.5. The van der Waals surface area contributed by atoms with E-state index in [1.807, 2.05) is 0 Å². The van der Waals surface area contributed by atoms with Gasteiger partial charge >= 0.3 is 0 Å². The minimum absolute atomic E-state index is 0.414.